The van der Waals surface area contributed by atoms with E-state index in [-0.39, 0.29) is 6.10 Å². The summed E-state index contributed by atoms with van der Waals surface area (Å²) < 4.78 is 14.8. The van der Waals surface area contributed by atoms with Gasteiger partial charge in [-0.1, -0.05) is 13.3 Å². The Morgan fingerprint density at radius 1 is 1.29 bits per heavy atom. The molecule has 0 bridgehead atoms. The Morgan fingerprint density at radius 2 is 1.93 bits per heavy atom. The van der Waals surface area contributed by atoms with Gasteiger partial charge in [0, 0.05) is 0 Å². The third-order valence-corrected chi connectivity index (χ3v) is 1.44. The van der Waals surface area contributed by atoms with Crippen LogP contribution in [0.5, 0.6) is 0 Å². The van der Waals surface area contributed by atoms with Crippen molar-refractivity contribution in [2.24, 2.45) is 0 Å². The molecule has 0 aromatic heterocycles. The molecule has 84 valence electrons. The molecule has 0 saturated carbocycles. The van der Waals surface area contributed by atoms with Crippen LogP contribution in [0.4, 0.5) is 4.79 Å². The summed E-state index contributed by atoms with van der Waals surface area (Å²) in [4.78, 5) is 11.0. The summed E-state index contributed by atoms with van der Waals surface area (Å²) in [6, 6.07) is 0. The van der Waals surface area contributed by atoms with E-state index in [0.29, 0.717) is 6.61 Å². The summed E-state index contributed by atoms with van der Waals surface area (Å²) in [7, 11) is 0. The molecule has 0 aromatic carbocycles. The van der Waals surface area contributed by atoms with Crippen LogP contribution in [0.1, 0.15) is 40.5 Å². The van der Waals surface area contributed by atoms with Crippen LogP contribution in [0, 0.1) is 0 Å². The smallest absolute Gasteiger partial charge is 0.434 e. The van der Waals surface area contributed by atoms with E-state index in [1.165, 1.54) is 0 Å². The number of hydrogen-bond acceptors (Lipinski definition) is 4. The average Bonchev–Trinajstić information content (AvgIpc) is 2.02. The lowest BCUT2D eigenvalue weighted by Gasteiger charge is -2.15. The molecule has 0 radical (unpaired) electrons. The fourth-order valence-electron chi connectivity index (χ4n) is 0.880. The minimum Gasteiger partial charge on any atom is -0.434 e. The fraction of sp³-hybridized carbons (Fsp3) is 0.900. The zero-order valence-corrected chi connectivity index (χ0v) is 9.41. The van der Waals surface area contributed by atoms with Gasteiger partial charge in [-0.05, 0) is 27.2 Å². The zero-order chi connectivity index (χ0) is 11.0. The second-order valence-electron chi connectivity index (χ2n) is 3.32. The van der Waals surface area contributed by atoms with Gasteiger partial charge in [-0.2, -0.15) is 0 Å². The Balaban J connectivity index is 3.50. The Bertz CT molecular complexity index is 156. The maximum absolute atomic E-state index is 11.0. The fourth-order valence-corrected chi connectivity index (χ4v) is 0.880. The van der Waals surface area contributed by atoms with Crippen molar-refractivity contribution in [2.45, 2.75) is 52.9 Å². The van der Waals surface area contributed by atoms with E-state index < -0.39 is 12.4 Å². The van der Waals surface area contributed by atoms with Gasteiger partial charge in [0.05, 0.1) is 12.7 Å². The maximum atomic E-state index is 11.0. The first-order valence-corrected chi connectivity index (χ1v) is 5.05. The second kappa shape index (κ2) is 7.62. The van der Waals surface area contributed by atoms with E-state index in [9.17, 15) is 4.79 Å². The van der Waals surface area contributed by atoms with Crippen molar-refractivity contribution in [2.75, 3.05) is 6.61 Å². The van der Waals surface area contributed by atoms with Crippen LogP contribution in [-0.2, 0) is 14.2 Å². The predicted octanol–water partition coefficient (Wildman–Crippen LogP) is 2.71. The van der Waals surface area contributed by atoms with Crippen molar-refractivity contribution >= 4 is 6.16 Å². The highest BCUT2D eigenvalue weighted by Gasteiger charge is 2.11. The minimum atomic E-state index is -0.661. The average molecular weight is 204 g/mol. The quantitative estimate of drug-likeness (QED) is 0.379. The molecule has 0 aliphatic carbocycles. The van der Waals surface area contributed by atoms with E-state index in [4.69, 9.17) is 14.2 Å². The SMILES string of the molecule is CCCCOC(=O)OC(C)OC(C)C. The summed E-state index contributed by atoms with van der Waals surface area (Å²) >= 11 is 0. The van der Waals surface area contributed by atoms with Crippen molar-refractivity contribution in [3.63, 3.8) is 0 Å². The molecule has 0 aliphatic heterocycles. The van der Waals surface area contributed by atoms with Crippen molar-refractivity contribution in [1.29, 1.82) is 0 Å². The van der Waals surface area contributed by atoms with Gasteiger partial charge >= 0.3 is 6.16 Å². The van der Waals surface area contributed by atoms with Crippen LogP contribution in [0.3, 0.4) is 0 Å². The van der Waals surface area contributed by atoms with E-state index in [1.807, 2.05) is 20.8 Å². The lowest BCUT2D eigenvalue weighted by molar-refractivity contribution is -0.131. The zero-order valence-electron chi connectivity index (χ0n) is 9.41. The molecule has 4 heteroatoms. The van der Waals surface area contributed by atoms with Gasteiger partial charge in [-0.25, -0.2) is 4.79 Å². The number of rotatable bonds is 6. The Labute approximate surface area is 85.5 Å². The number of carbonyl (C=O) groups is 1. The molecule has 0 rings (SSSR count). The van der Waals surface area contributed by atoms with Crippen LogP contribution in [-0.4, -0.2) is 25.2 Å². The molecule has 0 amide bonds. The van der Waals surface area contributed by atoms with Crippen molar-refractivity contribution in [3.8, 4) is 0 Å². The summed E-state index contributed by atoms with van der Waals surface area (Å²) in [5.74, 6) is 0. The first kappa shape index (κ1) is 13.2. The summed E-state index contributed by atoms with van der Waals surface area (Å²) in [5.41, 5.74) is 0. The van der Waals surface area contributed by atoms with E-state index in [1.54, 1.807) is 6.92 Å². The van der Waals surface area contributed by atoms with E-state index in [2.05, 4.69) is 0 Å². The molecule has 1 atom stereocenters. The number of hydrogen-bond donors (Lipinski definition) is 0. The molecule has 0 aliphatic rings. The van der Waals surface area contributed by atoms with E-state index >= 15 is 0 Å². The monoisotopic (exact) mass is 204 g/mol. The normalized spacial score (nSPS) is 12.6. The predicted molar refractivity (Wildman–Crippen MR) is 53.0 cm³/mol. The van der Waals surface area contributed by atoms with Crippen molar-refractivity contribution in [1.82, 2.24) is 0 Å². The highest BCUT2D eigenvalue weighted by Crippen LogP contribution is 2.01. The van der Waals surface area contributed by atoms with Gasteiger partial charge in [-0.15, -0.1) is 0 Å². The molecule has 4 nitrogen and oxygen atoms in total. The molecule has 0 fully saturated rings. The van der Waals surface area contributed by atoms with E-state index in [0.717, 1.165) is 12.8 Å². The molecule has 14 heavy (non-hydrogen) atoms. The molecule has 0 heterocycles. The summed E-state index contributed by atoms with van der Waals surface area (Å²) in [5, 5.41) is 0. The van der Waals surface area contributed by atoms with Crippen LogP contribution < -0.4 is 0 Å². The number of unbranched alkanes of at least 4 members (excludes halogenated alkanes) is 1. The van der Waals surface area contributed by atoms with Gasteiger partial charge in [0.2, 0.25) is 6.29 Å². The molecular formula is C10H20O4. The standard InChI is InChI=1S/C10H20O4/c1-5-6-7-12-10(11)14-9(4)13-8(2)3/h8-9H,5-7H2,1-4H3. The van der Waals surface area contributed by atoms with Crippen LogP contribution in [0.15, 0.2) is 0 Å². The molecular weight excluding hydrogens is 184 g/mol. The molecule has 0 spiro atoms. The van der Waals surface area contributed by atoms with Crippen LogP contribution in [0.25, 0.3) is 0 Å². The largest absolute Gasteiger partial charge is 0.510 e. The Kier molecular flexibility index (Phi) is 7.20. The van der Waals surface area contributed by atoms with Gasteiger partial charge in [0.1, 0.15) is 0 Å². The summed E-state index contributed by atoms with van der Waals surface area (Å²) in [6.07, 6.45) is 0.670. The third-order valence-electron chi connectivity index (χ3n) is 1.44. The third kappa shape index (κ3) is 7.86. The van der Waals surface area contributed by atoms with Crippen LogP contribution in [0.2, 0.25) is 0 Å². The van der Waals surface area contributed by atoms with Gasteiger partial charge < -0.3 is 14.2 Å². The first-order chi connectivity index (χ1) is 6.56. The summed E-state index contributed by atoms with van der Waals surface area (Å²) in [6.45, 7) is 7.86. The van der Waals surface area contributed by atoms with Gasteiger partial charge in [0.15, 0.2) is 0 Å². The van der Waals surface area contributed by atoms with Gasteiger partial charge in [0.25, 0.3) is 0 Å². The van der Waals surface area contributed by atoms with Gasteiger partial charge in [-0.3, -0.25) is 0 Å². The highest BCUT2D eigenvalue weighted by molar-refractivity contribution is 5.59. The lowest BCUT2D eigenvalue weighted by atomic mass is 10.4. The maximum Gasteiger partial charge on any atom is 0.510 e. The Morgan fingerprint density at radius 3 is 2.43 bits per heavy atom. The second-order valence-corrected chi connectivity index (χ2v) is 3.32. The van der Waals surface area contributed by atoms with Crippen LogP contribution >= 0.6 is 0 Å². The lowest BCUT2D eigenvalue weighted by Crippen LogP contribution is -2.22. The molecule has 0 saturated heterocycles. The number of carbonyl (C=O) groups excluding carboxylic acids is 1. The van der Waals surface area contributed by atoms with Crippen molar-refractivity contribution < 1.29 is 19.0 Å². The number of ether oxygens (including phenoxy) is 3. The Hall–Kier alpha value is -0.770. The first-order valence-electron chi connectivity index (χ1n) is 5.05. The molecule has 1 unspecified atom stereocenters. The molecule has 0 aromatic rings. The minimum absolute atomic E-state index is 0.0356. The van der Waals surface area contributed by atoms with Crippen molar-refractivity contribution in [3.05, 3.63) is 0 Å². The topological polar surface area (TPSA) is 44.8 Å². The highest BCUT2D eigenvalue weighted by atomic mass is 16.8. The molecule has 0 N–H and O–H groups in total.